The number of allylic oxidation sites excluding steroid dienone is 4. The molecule has 15 heavy (non-hydrogen) atoms. The van der Waals surface area contributed by atoms with E-state index in [-0.39, 0.29) is 5.92 Å². The van der Waals surface area contributed by atoms with Gasteiger partial charge in [-0.05, 0) is 24.3 Å². The third-order valence-corrected chi connectivity index (χ3v) is 2.15. The normalized spacial score (nSPS) is 18.9. The summed E-state index contributed by atoms with van der Waals surface area (Å²) in [5, 5.41) is 0. The van der Waals surface area contributed by atoms with Gasteiger partial charge in [0.15, 0.2) is 0 Å². The van der Waals surface area contributed by atoms with Gasteiger partial charge < -0.3 is 4.79 Å². The van der Waals surface area contributed by atoms with E-state index in [0.717, 1.165) is 17.7 Å². The van der Waals surface area contributed by atoms with Crippen LogP contribution in [0.4, 0.5) is 5.69 Å². The van der Waals surface area contributed by atoms with Crippen molar-refractivity contribution in [2.45, 2.75) is 0 Å². The molecular formula is C13H11NO. The van der Waals surface area contributed by atoms with Gasteiger partial charge in [-0.2, -0.15) is 0 Å². The Morgan fingerprint density at radius 1 is 1.07 bits per heavy atom. The van der Waals surface area contributed by atoms with Gasteiger partial charge in [0.2, 0.25) is 0 Å². The number of aldehydes is 1. The van der Waals surface area contributed by atoms with Crippen molar-refractivity contribution in [3.8, 4) is 0 Å². The number of nitrogens with zero attached hydrogens (tertiary/aromatic N) is 1. The smallest absolute Gasteiger partial charge is 0.130 e. The van der Waals surface area contributed by atoms with E-state index in [4.69, 9.17) is 0 Å². The van der Waals surface area contributed by atoms with E-state index in [1.54, 1.807) is 0 Å². The molecule has 0 radical (unpaired) electrons. The molecule has 2 rings (SSSR count). The Kier molecular flexibility index (Phi) is 2.88. The molecular weight excluding hydrogens is 186 g/mol. The second kappa shape index (κ2) is 4.51. The first-order valence-corrected chi connectivity index (χ1v) is 4.84. The third kappa shape index (κ3) is 2.50. The van der Waals surface area contributed by atoms with Crippen LogP contribution in [0.15, 0.2) is 59.6 Å². The summed E-state index contributed by atoms with van der Waals surface area (Å²) in [6.45, 7) is 0. The highest BCUT2D eigenvalue weighted by Gasteiger charge is 2.03. The lowest BCUT2D eigenvalue weighted by atomic mass is 10.0. The Labute approximate surface area is 88.7 Å². The summed E-state index contributed by atoms with van der Waals surface area (Å²) in [7, 11) is 0. The number of hydrogen-bond acceptors (Lipinski definition) is 2. The minimum Gasteiger partial charge on any atom is -0.302 e. The standard InChI is InChI=1S/C13H11NO/c15-10-11-6-8-13(9-7-11)14-12-4-2-1-3-5-12/h1-11H. The molecule has 1 aromatic carbocycles. The average molecular weight is 197 g/mol. The predicted octanol–water partition coefficient (Wildman–Crippen LogP) is 2.70. The van der Waals surface area contributed by atoms with Crippen LogP contribution in [0.1, 0.15) is 0 Å². The molecule has 1 aliphatic carbocycles. The molecule has 0 atom stereocenters. The summed E-state index contributed by atoms with van der Waals surface area (Å²) in [4.78, 5) is 14.9. The first kappa shape index (κ1) is 9.59. The van der Waals surface area contributed by atoms with Crippen LogP contribution >= 0.6 is 0 Å². The fourth-order valence-electron chi connectivity index (χ4n) is 1.36. The van der Waals surface area contributed by atoms with Gasteiger partial charge in [-0.15, -0.1) is 0 Å². The zero-order valence-corrected chi connectivity index (χ0v) is 8.21. The molecule has 2 heteroatoms. The summed E-state index contributed by atoms with van der Waals surface area (Å²) in [5.74, 6) is -0.0975. The van der Waals surface area contributed by atoms with Gasteiger partial charge in [0.1, 0.15) is 6.29 Å². The Morgan fingerprint density at radius 2 is 1.73 bits per heavy atom. The average Bonchev–Trinajstić information content (AvgIpc) is 2.31. The molecule has 0 unspecified atom stereocenters. The minimum atomic E-state index is -0.0975. The van der Waals surface area contributed by atoms with Gasteiger partial charge in [0.25, 0.3) is 0 Å². The lowest BCUT2D eigenvalue weighted by molar-refractivity contribution is -0.108. The maximum Gasteiger partial charge on any atom is 0.130 e. The summed E-state index contributed by atoms with van der Waals surface area (Å²) in [5.41, 5.74) is 1.80. The number of carbonyl (C=O) groups excluding carboxylic acids is 1. The van der Waals surface area contributed by atoms with Crippen LogP contribution in [-0.2, 0) is 4.79 Å². The lowest BCUT2D eigenvalue weighted by Crippen LogP contribution is -2.01. The van der Waals surface area contributed by atoms with Crippen LogP contribution in [0.25, 0.3) is 0 Å². The number of para-hydroxylation sites is 1. The van der Waals surface area contributed by atoms with Gasteiger partial charge >= 0.3 is 0 Å². The second-order valence-corrected chi connectivity index (χ2v) is 3.30. The van der Waals surface area contributed by atoms with Crippen LogP contribution in [0.3, 0.4) is 0 Å². The predicted molar refractivity (Wildman–Crippen MR) is 61.4 cm³/mol. The van der Waals surface area contributed by atoms with Gasteiger partial charge in [0, 0.05) is 0 Å². The quantitative estimate of drug-likeness (QED) is 0.670. The SMILES string of the molecule is O=CC1C=CC(=Nc2ccccc2)C=C1. The molecule has 1 aliphatic rings. The van der Waals surface area contributed by atoms with Crippen molar-refractivity contribution in [3.63, 3.8) is 0 Å². The summed E-state index contributed by atoms with van der Waals surface area (Å²) < 4.78 is 0. The molecule has 0 aliphatic heterocycles. The Morgan fingerprint density at radius 3 is 2.33 bits per heavy atom. The first-order valence-electron chi connectivity index (χ1n) is 4.84. The zero-order chi connectivity index (χ0) is 10.5. The van der Waals surface area contributed by atoms with E-state index >= 15 is 0 Å². The van der Waals surface area contributed by atoms with Crippen molar-refractivity contribution in [1.82, 2.24) is 0 Å². The van der Waals surface area contributed by atoms with Crippen LogP contribution in [0, 0.1) is 5.92 Å². The third-order valence-electron chi connectivity index (χ3n) is 2.15. The van der Waals surface area contributed by atoms with Crippen LogP contribution < -0.4 is 0 Å². The second-order valence-electron chi connectivity index (χ2n) is 3.30. The minimum absolute atomic E-state index is 0.0975. The van der Waals surface area contributed by atoms with E-state index in [0.29, 0.717) is 0 Å². The monoisotopic (exact) mass is 197 g/mol. The van der Waals surface area contributed by atoms with E-state index < -0.39 is 0 Å². The van der Waals surface area contributed by atoms with Crippen molar-refractivity contribution < 1.29 is 4.79 Å². The first-order chi connectivity index (χ1) is 7.38. The molecule has 2 nitrogen and oxygen atoms in total. The maximum absolute atomic E-state index is 10.5. The Bertz CT molecular complexity index is 413. The Hall–Kier alpha value is -1.96. The summed E-state index contributed by atoms with van der Waals surface area (Å²) in [6, 6.07) is 9.74. The van der Waals surface area contributed by atoms with Gasteiger partial charge in [-0.3, -0.25) is 0 Å². The van der Waals surface area contributed by atoms with Crippen molar-refractivity contribution in [2.24, 2.45) is 10.9 Å². The molecule has 0 saturated carbocycles. The van der Waals surface area contributed by atoms with Gasteiger partial charge in [-0.25, -0.2) is 4.99 Å². The number of aliphatic imine (C=N–C) groups is 1. The number of hydrogen-bond donors (Lipinski definition) is 0. The maximum atomic E-state index is 10.5. The number of benzene rings is 1. The molecule has 0 saturated heterocycles. The van der Waals surface area contributed by atoms with E-state index in [1.807, 2.05) is 54.6 Å². The van der Waals surface area contributed by atoms with E-state index in [9.17, 15) is 4.79 Å². The molecule has 0 heterocycles. The summed E-state index contributed by atoms with van der Waals surface area (Å²) >= 11 is 0. The highest BCUT2D eigenvalue weighted by atomic mass is 16.1. The van der Waals surface area contributed by atoms with Crippen molar-refractivity contribution in [3.05, 3.63) is 54.6 Å². The van der Waals surface area contributed by atoms with Crippen LogP contribution in [0.5, 0.6) is 0 Å². The fourth-order valence-corrected chi connectivity index (χ4v) is 1.36. The molecule has 0 N–H and O–H groups in total. The molecule has 0 bridgehead atoms. The van der Waals surface area contributed by atoms with E-state index in [2.05, 4.69) is 4.99 Å². The number of rotatable bonds is 2. The summed E-state index contributed by atoms with van der Waals surface area (Å²) in [6.07, 6.45) is 8.33. The molecule has 0 aromatic heterocycles. The van der Waals surface area contributed by atoms with Crippen molar-refractivity contribution in [2.75, 3.05) is 0 Å². The fraction of sp³-hybridized carbons (Fsp3) is 0.0769. The van der Waals surface area contributed by atoms with E-state index in [1.165, 1.54) is 0 Å². The Balaban J connectivity index is 2.18. The van der Waals surface area contributed by atoms with Crippen LogP contribution in [0.2, 0.25) is 0 Å². The molecule has 1 aromatic rings. The molecule has 0 spiro atoms. The van der Waals surface area contributed by atoms with Crippen molar-refractivity contribution >= 4 is 17.7 Å². The molecule has 0 fully saturated rings. The van der Waals surface area contributed by atoms with Crippen molar-refractivity contribution in [1.29, 1.82) is 0 Å². The topological polar surface area (TPSA) is 29.4 Å². The highest BCUT2D eigenvalue weighted by Crippen LogP contribution is 2.13. The van der Waals surface area contributed by atoms with Gasteiger partial charge in [-0.1, -0.05) is 30.4 Å². The van der Waals surface area contributed by atoms with Gasteiger partial charge in [0.05, 0.1) is 17.3 Å². The largest absolute Gasteiger partial charge is 0.302 e. The molecule has 0 amide bonds. The number of carbonyl (C=O) groups is 1. The van der Waals surface area contributed by atoms with Crippen LogP contribution in [-0.4, -0.2) is 12.0 Å². The molecule has 74 valence electrons. The lowest BCUT2D eigenvalue weighted by Gasteiger charge is -2.04. The zero-order valence-electron chi connectivity index (χ0n) is 8.21. The highest BCUT2D eigenvalue weighted by molar-refractivity contribution is 6.06.